The molecule has 0 saturated heterocycles. The molecule has 0 saturated carbocycles. The van der Waals surface area contributed by atoms with Crippen LogP contribution < -0.4 is 5.32 Å². The summed E-state index contributed by atoms with van der Waals surface area (Å²) in [5.41, 5.74) is 5.62. The third-order valence-electron chi connectivity index (χ3n) is 4.03. The molecule has 19 heavy (non-hydrogen) atoms. The van der Waals surface area contributed by atoms with E-state index in [9.17, 15) is 0 Å². The van der Waals surface area contributed by atoms with E-state index in [0.717, 1.165) is 12.2 Å². The molecule has 2 aromatic rings. The molecular formula is C16H21N3. The van der Waals surface area contributed by atoms with Crippen LogP contribution in [0.4, 0.5) is 0 Å². The maximum atomic E-state index is 3.97. The van der Waals surface area contributed by atoms with Gasteiger partial charge in [0.1, 0.15) is 0 Å². The summed E-state index contributed by atoms with van der Waals surface area (Å²) in [6.45, 7) is 3.05. The first-order chi connectivity index (χ1) is 9.33. The minimum atomic E-state index is 0.371. The molecule has 1 atom stereocenters. The number of H-pyrrole nitrogens is 1. The van der Waals surface area contributed by atoms with E-state index in [0.29, 0.717) is 6.04 Å². The second-order valence-corrected chi connectivity index (χ2v) is 5.42. The van der Waals surface area contributed by atoms with Gasteiger partial charge in [-0.1, -0.05) is 18.2 Å². The van der Waals surface area contributed by atoms with Crippen LogP contribution in [0.15, 0.2) is 30.5 Å². The zero-order valence-corrected chi connectivity index (χ0v) is 11.4. The third kappa shape index (κ3) is 2.87. The van der Waals surface area contributed by atoms with E-state index >= 15 is 0 Å². The second-order valence-electron chi connectivity index (χ2n) is 5.42. The average molecular weight is 255 g/mol. The number of nitrogens with zero attached hydrogens (tertiary/aromatic N) is 1. The van der Waals surface area contributed by atoms with Crippen LogP contribution in [0.3, 0.4) is 0 Å². The standard InChI is InChI=1S/C16H21N3/c1-12(17-11-16-8-9-18-19-16)14-7-6-13-4-2-3-5-15(13)10-14/h6-10,12,17H,2-5,11H2,1H3,(H,18,19). The lowest BCUT2D eigenvalue weighted by molar-refractivity contribution is 0.565. The number of aryl methyl sites for hydroxylation is 2. The van der Waals surface area contributed by atoms with Gasteiger partial charge in [0, 0.05) is 24.5 Å². The lowest BCUT2D eigenvalue weighted by Crippen LogP contribution is -2.19. The van der Waals surface area contributed by atoms with Crippen LogP contribution in [0, 0.1) is 0 Å². The third-order valence-corrected chi connectivity index (χ3v) is 4.03. The molecule has 0 amide bonds. The molecule has 0 radical (unpaired) electrons. The van der Waals surface area contributed by atoms with Crippen molar-refractivity contribution in [2.45, 2.75) is 45.2 Å². The lowest BCUT2D eigenvalue weighted by atomic mass is 9.89. The second kappa shape index (κ2) is 5.57. The highest BCUT2D eigenvalue weighted by Gasteiger charge is 2.12. The van der Waals surface area contributed by atoms with Gasteiger partial charge < -0.3 is 5.32 Å². The molecule has 0 aliphatic heterocycles. The molecule has 3 heteroatoms. The van der Waals surface area contributed by atoms with Crippen molar-refractivity contribution < 1.29 is 0 Å². The maximum Gasteiger partial charge on any atom is 0.0490 e. The smallest absolute Gasteiger partial charge is 0.0490 e. The highest BCUT2D eigenvalue weighted by Crippen LogP contribution is 2.24. The van der Waals surface area contributed by atoms with Gasteiger partial charge in [0.05, 0.1) is 0 Å². The molecular weight excluding hydrogens is 234 g/mol. The van der Waals surface area contributed by atoms with Crippen molar-refractivity contribution in [1.29, 1.82) is 0 Å². The fourth-order valence-electron chi connectivity index (χ4n) is 2.79. The van der Waals surface area contributed by atoms with E-state index in [-0.39, 0.29) is 0 Å². The van der Waals surface area contributed by atoms with Crippen LogP contribution in [0.1, 0.15) is 48.2 Å². The summed E-state index contributed by atoms with van der Waals surface area (Å²) in [5.74, 6) is 0. The Morgan fingerprint density at radius 2 is 2.05 bits per heavy atom. The molecule has 3 rings (SSSR count). The minimum absolute atomic E-state index is 0.371. The molecule has 0 spiro atoms. The van der Waals surface area contributed by atoms with Crippen molar-refractivity contribution >= 4 is 0 Å². The van der Waals surface area contributed by atoms with Gasteiger partial charge in [-0.3, -0.25) is 5.10 Å². The number of benzene rings is 1. The first kappa shape index (κ1) is 12.4. The molecule has 1 aromatic heterocycles. The van der Waals surface area contributed by atoms with E-state index < -0.39 is 0 Å². The van der Waals surface area contributed by atoms with Gasteiger partial charge in [0.25, 0.3) is 0 Å². The quantitative estimate of drug-likeness (QED) is 0.881. The summed E-state index contributed by atoms with van der Waals surface area (Å²) in [6.07, 6.45) is 6.98. The Kier molecular flexibility index (Phi) is 3.65. The van der Waals surface area contributed by atoms with Gasteiger partial charge in [0.2, 0.25) is 0 Å². The van der Waals surface area contributed by atoms with E-state index in [4.69, 9.17) is 0 Å². The molecule has 1 aromatic carbocycles. The van der Waals surface area contributed by atoms with Crippen molar-refractivity contribution in [3.63, 3.8) is 0 Å². The summed E-state index contributed by atoms with van der Waals surface area (Å²) in [7, 11) is 0. The summed E-state index contributed by atoms with van der Waals surface area (Å²) >= 11 is 0. The Morgan fingerprint density at radius 1 is 1.21 bits per heavy atom. The number of aromatic nitrogens is 2. The number of hydrogen-bond acceptors (Lipinski definition) is 2. The fourth-order valence-corrected chi connectivity index (χ4v) is 2.79. The van der Waals surface area contributed by atoms with Gasteiger partial charge in [0.15, 0.2) is 0 Å². The molecule has 1 unspecified atom stereocenters. The largest absolute Gasteiger partial charge is 0.305 e. The monoisotopic (exact) mass is 255 g/mol. The predicted molar refractivity (Wildman–Crippen MR) is 76.9 cm³/mol. The normalized spacial score (nSPS) is 16.1. The molecule has 2 N–H and O–H groups in total. The summed E-state index contributed by atoms with van der Waals surface area (Å²) < 4.78 is 0. The maximum absolute atomic E-state index is 3.97. The van der Waals surface area contributed by atoms with Gasteiger partial charge >= 0.3 is 0 Å². The molecule has 1 aliphatic rings. The SMILES string of the molecule is CC(NCc1ccn[nH]1)c1ccc2c(c1)CCCC2. The predicted octanol–water partition coefficient (Wildman–Crippen LogP) is 3.14. The van der Waals surface area contributed by atoms with Crippen LogP contribution in [0.5, 0.6) is 0 Å². The van der Waals surface area contributed by atoms with E-state index in [2.05, 4.69) is 40.6 Å². The van der Waals surface area contributed by atoms with E-state index in [1.54, 1.807) is 17.3 Å². The number of rotatable bonds is 4. The molecule has 1 heterocycles. The molecule has 0 fully saturated rings. The highest BCUT2D eigenvalue weighted by molar-refractivity contribution is 5.35. The van der Waals surface area contributed by atoms with E-state index in [1.807, 2.05) is 6.07 Å². The Hall–Kier alpha value is -1.61. The van der Waals surface area contributed by atoms with Crippen molar-refractivity contribution in [1.82, 2.24) is 15.5 Å². The Labute approximate surface area is 114 Å². The number of hydrogen-bond donors (Lipinski definition) is 2. The van der Waals surface area contributed by atoms with Crippen LogP contribution in [0.2, 0.25) is 0 Å². The summed E-state index contributed by atoms with van der Waals surface area (Å²) in [4.78, 5) is 0. The Bertz CT molecular complexity index is 531. The average Bonchev–Trinajstić information content (AvgIpc) is 2.97. The first-order valence-electron chi connectivity index (χ1n) is 7.16. The number of nitrogens with one attached hydrogen (secondary N) is 2. The Morgan fingerprint density at radius 3 is 2.84 bits per heavy atom. The summed E-state index contributed by atoms with van der Waals surface area (Å²) in [5, 5.41) is 10.5. The van der Waals surface area contributed by atoms with Crippen LogP contribution in [-0.2, 0) is 19.4 Å². The lowest BCUT2D eigenvalue weighted by Gasteiger charge is -2.20. The van der Waals surface area contributed by atoms with Crippen LogP contribution >= 0.6 is 0 Å². The zero-order valence-electron chi connectivity index (χ0n) is 11.4. The van der Waals surface area contributed by atoms with Crippen molar-refractivity contribution in [2.75, 3.05) is 0 Å². The number of aromatic amines is 1. The fraction of sp³-hybridized carbons (Fsp3) is 0.438. The summed E-state index contributed by atoms with van der Waals surface area (Å²) in [6, 6.07) is 9.36. The van der Waals surface area contributed by atoms with Crippen LogP contribution in [0.25, 0.3) is 0 Å². The van der Waals surface area contributed by atoms with Gasteiger partial charge in [-0.15, -0.1) is 0 Å². The molecule has 0 bridgehead atoms. The first-order valence-corrected chi connectivity index (χ1v) is 7.16. The topological polar surface area (TPSA) is 40.7 Å². The minimum Gasteiger partial charge on any atom is -0.305 e. The van der Waals surface area contributed by atoms with Crippen molar-refractivity contribution in [3.8, 4) is 0 Å². The highest BCUT2D eigenvalue weighted by atomic mass is 15.1. The van der Waals surface area contributed by atoms with E-state index in [1.165, 1.54) is 31.2 Å². The van der Waals surface area contributed by atoms with Crippen molar-refractivity contribution in [3.05, 3.63) is 52.8 Å². The molecule has 1 aliphatic carbocycles. The van der Waals surface area contributed by atoms with Crippen molar-refractivity contribution in [2.24, 2.45) is 0 Å². The molecule has 3 nitrogen and oxygen atoms in total. The van der Waals surface area contributed by atoms with Gasteiger partial charge in [-0.25, -0.2) is 0 Å². The van der Waals surface area contributed by atoms with Gasteiger partial charge in [-0.2, -0.15) is 5.10 Å². The van der Waals surface area contributed by atoms with Crippen LogP contribution in [-0.4, -0.2) is 10.2 Å². The van der Waals surface area contributed by atoms with Gasteiger partial charge in [-0.05, 0) is 55.4 Å². The Balaban J connectivity index is 1.67. The zero-order chi connectivity index (χ0) is 13.1. The number of fused-ring (bicyclic) bond motifs is 1. The molecule has 100 valence electrons.